The third kappa shape index (κ3) is 2.05. The van der Waals surface area contributed by atoms with Crippen LogP contribution in [0.1, 0.15) is 22.6 Å². The lowest BCUT2D eigenvalue weighted by Gasteiger charge is -2.09. The van der Waals surface area contributed by atoms with Gasteiger partial charge in [-0.25, -0.2) is 9.48 Å². The van der Waals surface area contributed by atoms with Crippen molar-refractivity contribution in [2.24, 2.45) is 11.7 Å². The van der Waals surface area contributed by atoms with Gasteiger partial charge in [0.1, 0.15) is 0 Å². The summed E-state index contributed by atoms with van der Waals surface area (Å²) < 4.78 is 6.82. The average Bonchev–Trinajstić information content (AvgIpc) is 2.87. The highest BCUT2D eigenvalue weighted by atomic mass is 16.5. The van der Waals surface area contributed by atoms with E-state index in [2.05, 4.69) is 10.3 Å². The van der Waals surface area contributed by atoms with E-state index in [-0.39, 0.29) is 12.2 Å². The molecule has 1 aromatic rings. The van der Waals surface area contributed by atoms with E-state index in [1.807, 2.05) is 0 Å². The number of carbonyl (C=O) groups is 1. The summed E-state index contributed by atoms with van der Waals surface area (Å²) >= 11 is 0. The molecule has 1 fully saturated rings. The number of aromatic carboxylic acids is 1. The summed E-state index contributed by atoms with van der Waals surface area (Å²) in [7, 11) is 0. The van der Waals surface area contributed by atoms with Gasteiger partial charge in [0, 0.05) is 25.6 Å². The molecular weight excluding hydrogens is 212 g/mol. The molecule has 1 atom stereocenters. The minimum atomic E-state index is -1.09. The molecule has 0 aromatic carbocycles. The average molecular weight is 226 g/mol. The van der Waals surface area contributed by atoms with E-state index in [0.717, 1.165) is 13.0 Å². The Hall–Kier alpha value is -1.47. The summed E-state index contributed by atoms with van der Waals surface area (Å²) in [5.74, 6) is -0.719. The van der Waals surface area contributed by atoms with E-state index >= 15 is 0 Å². The fourth-order valence-corrected chi connectivity index (χ4v) is 1.82. The summed E-state index contributed by atoms with van der Waals surface area (Å²) in [5, 5.41) is 16.3. The van der Waals surface area contributed by atoms with Crippen molar-refractivity contribution in [3.63, 3.8) is 0 Å². The summed E-state index contributed by atoms with van der Waals surface area (Å²) in [5.41, 5.74) is 5.93. The summed E-state index contributed by atoms with van der Waals surface area (Å²) in [4.78, 5) is 10.8. The van der Waals surface area contributed by atoms with Crippen LogP contribution in [0.15, 0.2) is 0 Å². The van der Waals surface area contributed by atoms with E-state index in [1.165, 1.54) is 0 Å². The Bertz CT molecular complexity index is 384. The van der Waals surface area contributed by atoms with Crippen LogP contribution < -0.4 is 5.73 Å². The molecule has 1 aliphatic heterocycles. The number of nitrogens with zero attached hydrogens (tertiary/aromatic N) is 3. The molecule has 7 heteroatoms. The molecule has 7 nitrogen and oxygen atoms in total. The van der Waals surface area contributed by atoms with Crippen molar-refractivity contribution in [2.45, 2.75) is 19.5 Å². The lowest BCUT2D eigenvalue weighted by molar-refractivity contribution is 0.0689. The number of rotatable bonds is 4. The zero-order valence-corrected chi connectivity index (χ0v) is 8.80. The van der Waals surface area contributed by atoms with Crippen LogP contribution in [0, 0.1) is 5.92 Å². The van der Waals surface area contributed by atoms with E-state index in [0.29, 0.717) is 24.8 Å². The largest absolute Gasteiger partial charge is 0.476 e. The Morgan fingerprint density at radius 3 is 3.06 bits per heavy atom. The predicted octanol–water partition coefficient (Wildman–Crippen LogP) is -0.529. The second-order valence-electron chi connectivity index (χ2n) is 3.81. The van der Waals surface area contributed by atoms with Crippen molar-refractivity contribution in [3.8, 4) is 0 Å². The zero-order chi connectivity index (χ0) is 11.5. The van der Waals surface area contributed by atoms with Gasteiger partial charge in [0.15, 0.2) is 5.69 Å². The van der Waals surface area contributed by atoms with Gasteiger partial charge >= 0.3 is 5.97 Å². The monoisotopic (exact) mass is 226 g/mol. The van der Waals surface area contributed by atoms with Crippen LogP contribution in [0.25, 0.3) is 0 Å². The Morgan fingerprint density at radius 1 is 1.69 bits per heavy atom. The maximum Gasteiger partial charge on any atom is 0.358 e. The van der Waals surface area contributed by atoms with E-state index in [9.17, 15) is 4.79 Å². The van der Waals surface area contributed by atoms with Gasteiger partial charge in [-0.3, -0.25) is 0 Å². The molecule has 88 valence electrons. The van der Waals surface area contributed by atoms with Crippen LogP contribution in [0.4, 0.5) is 0 Å². The summed E-state index contributed by atoms with van der Waals surface area (Å²) in [6.07, 6.45) is 0.965. The Morgan fingerprint density at radius 2 is 2.50 bits per heavy atom. The van der Waals surface area contributed by atoms with Gasteiger partial charge in [-0.05, 0) is 6.42 Å². The third-order valence-corrected chi connectivity index (χ3v) is 2.69. The quantitative estimate of drug-likeness (QED) is 0.715. The van der Waals surface area contributed by atoms with Crippen molar-refractivity contribution in [1.29, 1.82) is 0 Å². The second-order valence-corrected chi connectivity index (χ2v) is 3.81. The highest BCUT2D eigenvalue weighted by Crippen LogP contribution is 2.16. The first-order chi connectivity index (χ1) is 7.72. The molecule has 0 spiro atoms. The minimum absolute atomic E-state index is 0.0542. The SMILES string of the molecule is NCc1c(C(=O)O)nnn1CC1CCOC1. The number of carboxylic acids is 1. The first kappa shape index (κ1) is 11.0. The van der Waals surface area contributed by atoms with Crippen LogP contribution in [0.5, 0.6) is 0 Å². The molecule has 0 saturated carbocycles. The second kappa shape index (κ2) is 4.58. The molecule has 0 bridgehead atoms. The first-order valence-corrected chi connectivity index (χ1v) is 5.16. The van der Waals surface area contributed by atoms with Crippen LogP contribution in [-0.2, 0) is 17.8 Å². The smallest absolute Gasteiger partial charge is 0.358 e. The molecule has 0 aliphatic carbocycles. The van der Waals surface area contributed by atoms with Crippen LogP contribution in [0.3, 0.4) is 0 Å². The molecule has 16 heavy (non-hydrogen) atoms. The van der Waals surface area contributed by atoms with Gasteiger partial charge in [0.2, 0.25) is 0 Å². The Kier molecular flexibility index (Phi) is 3.16. The first-order valence-electron chi connectivity index (χ1n) is 5.16. The summed E-state index contributed by atoms with van der Waals surface area (Å²) in [6, 6.07) is 0. The molecule has 1 aromatic heterocycles. The lowest BCUT2D eigenvalue weighted by Crippen LogP contribution is -2.17. The topological polar surface area (TPSA) is 103 Å². The van der Waals surface area contributed by atoms with E-state index < -0.39 is 5.97 Å². The Balaban J connectivity index is 2.16. The molecule has 3 N–H and O–H groups in total. The number of carboxylic acid groups (broad SMARTS) is 1. The molecular formula is C9H14N4O3. The van der Waals surface area contributed by atoms with E-state index in [1.54, 1.807) is 4.68 Å². The molecule has 0 amide bonds. The van der Waals surface area contributed by atoms with Crippen molar-refractivity contribution in [2.75, 3.05) is 13.2 Å². The molecule has 1 unspecified atom stereocenters. The van der Waals surface area contributed by atoms with E-state index in [4.69, 9.17) is 15.6 Å². The normalized spacial score (nSPS) is 20.2. The third-order valence-electron chi connectivity index (χ3n) is 2.69. The van der Waals surface area contributed by atoms with Gasteiger partial charge in [-0.15, -0.1) is 5.10 Å². The highest BCUT2D eigenvalue weighted by Gasteiger charge is 2.22. The number of ether oxygens (including phenoxy) is 1. The van der Waals surface area contributed by atoms with Crippen molar-refractivity contribution in [1.82, 2.24) is 15.0 Å². The van der Waals surface area contributed by atoms with Crippen molar-refractivity contribution in [3.05, 3.63) is 11.4 Å². The van der Waals surface area contributed by atoms with Gasteiger partial charge in [-0.1, -0.05) is 5.21 Å². The number of hydrogen-bond donors (Lipinski definition) is 2. The highest BCUT2D eigenvalue weighted by molar-refractivity contribution is 5.86. The number of nitrogens with two attached hydrogens (primary N) is 1. The molecule has 1 saturated heterocycles. The maximum absolute atomic E-state index is 10.8. The van der Waals surface area contributed by atoms with Crippen LogP contribution in [-0.4, -0.2) is 39.3 Å². The van der Waals surface area contributed by atoms with Crippen LogP contribution in [0.2, 0.25) is 0 Å². The van der Waals surface area contributed by atoms with Gasteiger partial charge in [0.25, 0.3) is 0 Å². The zero-order valence-electron chi connectivity index (χ0n) is 8.80. The lowest BCUT2D eigenvalue weighted by atomic mass is 10.1. The predicted molar refractivity (Wildman–Crippen MR) is 53.8 cm³/mol. The molecule has 1 aliphatic rings. The van der Waals surface area contributed by atoms with Crippen molar-refractivity contribution >= 4 is 5.97 Å². The number of hydrogen-bond acceptors (Lipinski definition) is 5. The Labute approximate surface area is 92.2 Å². The van der Waals surface area contributed by atoms with Crippen LogP contribution >= 0.6 is 0 Å². The fourth-order valence-electron chi connectivity index (χ4n) is 1.82. The minimum Gasteiger partial charge on any atom is -0.476 e. The van der Waals surface area contributed by atoms with Gasteiger partial charge < -0.3 is 15.6 Å². The molecule has 0 radical (unpaired) electrons. The standard InChI is InChI=1S/C9H14N4O3/c10-3-7-8(9(14)15)11-12-13(7)4-6-1-2-16-5-6/h6H,1-5,10H2,(H,14,15). The maximum atomic E-state index is 10.8. The van der Waals surface area contributed by atoms with Crippen molar-refractivity contribution < 1.29 is 14.6 Å². The fraction of sp³-hybridized carbons (Fsp3) is 0.667. The molecule has 2 rings (SSSR count). The van der Waals surface area contributed by atoms with Gasteiger partial charge in [0.05, 0.1) is 12.3 Å². The molecule has 2 heterocycles. The van der Waals surface area contributed by atoms with Gasteiger partial charge in [-0.2, -0.15) is 0 Å². The summed E-state index contributed by atoms with van der Waals surface area (Å²) in [6.45, 7) is 2.18. The number of aromatic nitrogens is 3.